The Morgan fingerprint density at radius 1 is 1.50 bits per heavy atom. The van der Waals surface area contributed by atoms with Crippen LogP contribution < -0.4 is 5.73 Å². The number of ether oxygens (including phenoxy) is 2. The van der Waals surface area contributed by atoms with E-state index in [1.807, 2.05) is 0 Å². The fourth-order valence-electron chi connectivity index (χ4n) is 0.988. The number of nitrogen functional groups attached to an aromatic ring is 1. The second-order valence-electron chi connectivity index (χ2n) is 2.95. The number of hydrogen-bond acceptors (Lipinski definition) is 7. The van der Waals surface area contributed by atoms with Gasteiger partial charge in [0.1, 0.15) is 5.69 Å². The van der Waals surface area contributed by atoms with Gasteiger partial charge in [-0.3, -0.25) is 0 Å². The molecule has 1 aromatic rings. The number of nitrogens with zero attached hydrogens (tertiary/aromatic N) is 2. The molecule has 0 aliphatic heterocycles. The molecule has 1 heterocycles. The van der Waals surface area contributed by atoms with E-state index in [9.17, 15) is 9.59 Å². The molecule has 18 heavy (non-hydrogen) atoms. The highest BCUT2D eigenvalue weighted by Crippen LogP contribution is 2.06. The predicted molar refractivity (Wildman–Crippen MR) is 61.3 cm³/mol. The van der Waals surface area contributed by atoms with Crippen molar-refractivity contribution in [3.63, 3.8) is 0 Å². The minimum Gasteiger partial charge on any atom is -0.464 e. The third-order valence-electron chi connectivity index (χ3n) is 1.75. The first-order valence-corrected chi connectivity index (χ1v) is 4.98. The third-order valence-corrected chi connectivity index (χ3v) is 1.75. The van der Waals surface area contributed by atoms with Gasteiger partial charge in [-0.1, -0.05) is 0 Å². The molecule has 0 amide bonds. The molecule has 0 unspecified atom stereocenters. The van der Waals surface area contributed by atoms with Crippen LogP contribution in [0.25, 0.3) is 0 Å². The van der Waals surface area contributed by atoms with E-state index in [0.717, 1.165) is 0 Å². The van der Waals surface area contributed by atoms with Crippen LogP contribution in [0.5, 0.6) is 0 Å². The summed E-state index contributed by atoms with van der Waals surface area (Å²) in [5.74, 6) is 3.14. The Kier molecular flexibility index (Phi) is 4.63. The summed E-state index contributed by atoms with van der Waals surface area (Å²) in [7, 11) is 1.19. The molecule has 1 aromatic heterocycles. The van der Waals surface area contributed by atoms with Gasteiger partial charge < -0.3 is 15.2 Å². The Hall–Kier alpha value is -2.62. The highest BCUT2D eigenvalue weighted by atomic mass is 16.5. The summed E-state index contributed by atoms with van der Waals surface area (Å²) in [5, 5.41) is 0. The maximum absolute atomic E-state index is 11.3. The van der Waals surface area contributed by atoms with Crippen molar-refractivity contribution in [2.75, 3.05) is 19.5 Å². The van der Waals surface area contributed by atoms with E-state index in [1.165, 1.54) is 13.3 Å². The lowest BCUT2D eigenvalue weighted by Gasteiger charge is -2.01. The Labute approximate surface area is 103 Å². The molecule has 0 atom stereocenters. The zero-order valence-corrected chi connectivity index (χ0v) is 9.89. The van der Waals surface area contributed by atoms with Gasteiger partial charge in [-0.15, -0.1) is 0 Å². The molecule has 2 N–H and O–H groups in total. The fourth-order valence-corrected chi connectivity index (χ4v) is 0.988. The van der Waals surface area contributed by atoms with Crippen LogP contribution in [-0.2, 0) is 14.3 Å². The summed E-state index contributed by atoms with van der Waals surface area (Å²) in [6.07, 6.45) is 1.24. The molecule has 0 aliphatic carbocycles. The molecule has 0 aromatic carbocycles. The molecular weight excluding hydrogens is 238 g/mol. The second-order valence-corrected chi connectivity index (χ2v) is 2.95. The van der Waals surface area contributed by atoms with Crippen molar-refractivity contribution in [3.05, 3.63) is 17.6 Å². The standard InChI is InChI=1S/C11H11N3O4/c1-3-18-8(15)5-4-7-6-13-10(12)9(14-7)11(16)17-2/h6H,3H2,1-2H3,(H2,12,13). The maximum Gasteiger partial charge on any atom is 0.384 e. The largest absolute Gasteiger partial charge is 0.464 e. The summed E-state index contributed by atoms with van der Waals surface area (Å²) >= 11 is 0. The van der Waals surface area contributed by atoms with Crippen LogP contribution in [0.15, 0.2) is 6.20 Å². The average Bonchev–Trinajstić information content (AvgIpc) is 2.37. The van der Waals surface area contributed by atoms with Gasteiger partial charge in [0.2, 0.25) is 0 Å². The lowest BCUT2D eigenvalue weighted by Crippen LogP contribution is -2.11. The zero-order chi connectivity index (χ0) is 13.5. The molecule has 94 valence electrons. The Morgan fingerprint density at radius 3 is 2.83 bits per heavy atom. The van der Waals surface area contributed by atoms with Crippen molar-refractivity contribution in [2.45, 2.75) is 6.92 Å². The van der Waals surface area contributed by atoms with Crippen molar-refractivity contribution in [2.24, 2.45) is 0 Å². The first kappa shape index (κ1) is 13.4. The monoisotopic (exact) mass is 249 g/mol. The molecule has 0 radical (unpaired) electrons. The average molecular weight is 249 g/mol. The van der Waals surface area contributed by atoms with Crippen molar-refractivity contribution < 1.29 is 19.1 Å². The molecule has 0 saturated heterocycles. The van der Waals surface area contributed by atoms with E-state index in [0.29, 0.717) is 0 Å². The lowest BCUT2D eigenvalue weighted by molar-refractivity contribution is -0.136. The molecule has 7 heteroatoms. The van der Waals surface area contributed by atoms with Gasteiger partial charge in [0.15, 0.2) is 11.5 Å². The quantitative estimate of drug-likeness (QED) is 0.569. The third kappa shape index (κ3) is 3.45. The van der Waals surface area contributed by atoms with E-state index in [2.05, 4.69) is 31.3 Å². The number of rotatable bonds is 2. The van der Waals surface area contributed by atoms with Crippen molar-refractivity contribution in [1.29, 1.82) is 0 Å². The Bertz CT molecular complexity index is 531. The molecule has 0 fully saturated rings. The van der Waals surface area contributed by atoms with Gasteiger partial charge in [0.05, 0.1) is 19.9 Å². The minimum absolute atomic E-state index is 0.0662. The molecule has 7 nitrogen and oxygen atoms in total. The van der Waals surface area contributed by atoms with Gasteiger partial charge in [0, 0.05) is 5.92 Å². The SMILES string of the molecule is CCOC(=O)C#Cc1cnc(N)c(C(=O)OC)n1. The van der Waals surface area contributed by atoms with Crippen LogP contribution >= 0.6 is 0 Å². The molecule has 0 aliphatic rings. The molecule has 0 spiro atoms. The summed E-state index contributed by atoms with van der Waals surface area (Å²) in [4.78, 5) is 29.8. The number of hydrogen-bond donors (Lipinski definition) is 1. The van der Waals surface area contributed by atoms with Crippen molar-refractivity contribution in [1.82, 2.24) is 9.97 Å². The number of carbonyl (C=O) groups excluding carboxylic acids is 2. The van der Waals surface area contributed by atoms with Crippen LogP contribution in [0, 0.1) is 11.8 Å². The second kappa shape index (κ2) is 6.20. The molecule has 0 bridgehead atoms. The highest BCUT2D eigenvalue weighted by molar-refractivity contribution is 5.92. The first-order chi connectivity index (χ1) is 8.58. The summed E-state index contributed by atoms with van der Waals surface area (Å²) in [5.41, 5.74) is 5.43. The first-order valence-electron chi connectivity index (χ1n) is 4.98. The number of methoxy groups -OCH3 is 1. The number of nitrogens with two attached hydrogens (primary N) is 1. The number of aromatic nitrogens is 2. The van der Waals surface area contributed by atoms with Gasteiger partial charge in [-0.2, -0.15) is 0 Å². The zero-order valence-electron chi connectivity index (χ0n) is 9.89. The minimum atomic E-state index is -0.722. The maximum atomic E-state index is 11.3. The van der Waals surface area contributed by atoms with Gasteiger partial charge in [-0.05, 0) is 12.8 Å². The van der Waals surface area contributed by atoms with E-state index in [4.69, 9.17) is 5.73 Å². The molecule has 1 rings (SSSR count). The highest BCUT2D eigenvalue weighted by Gasteiger charge is 2.13. The molecule has 0 saturated carbocycles. The van der Waals surface area contributed by atoms with Crippen LogP contribution in [-0.4, -0.2) is 35.6 Å². The predicted octanol–water partition coefficient (Wildman–Crippen LogP) is -0.240. The van der Waals surface area contributed by atoms with E-state index >= 15 is 0 Å². The summed E-state index contributed by atoms with van der Waals surface area (Å²) < 4.78 is 9.08. The van der Waals surface area contributed by atoms with Crippen molar-refractivity contribution in [3.8, 4) is 11.8 Å². The van der Waals surface area contributed by atoms with Gasteiger partial charge >= 0.3 is 11.9 Å². The smallest absolute Gasteiger partial charge is 0.384 e. The topological polar surface area (TPSA) is 104 Å². The van der Waals surface area contributed by atoms with E-state index in [-0.39, 0.29) is 23.8 Å². The van der Waals surface area contributed by atoms with E-state index in [1.54, 1.807) is 6.92 Å². The van der Waals surface area contributed by atoms with Crippen LogP contribution in [0.1, 0.15) is 23.1 Å². The Morgan fingerprint density at radius 2 is 2.22 bits per heavy atom. The summed E-state index contributed by atoms with van der Waals surface area (Å²) in [6.45, 7) is 1.90. The lowest BCUT2D eigenvalue weighted by atomic mass is 10.3. The fraction of sp³-hybridized carbons (Fsp3) is 0.273. The van der Waals surface area contributed by atoms with Gasteiger partial charge in [0.25, 0.3) is 0 Å². The van der Waals surface area contributed by atoms with Crippen LogP contribution in [0.4, 0.5) is 5.82 Å². The van der Waals surface area contributed by atoms with Gasteiger partial charge in [-0.25, -0.2) is 19.6 Å². The normalized spacial score (nSPS) is 9.00. The van der Waals surface area contributed by atoms with Crippen LogP contribution in [0.3, 0.4) is 0 Å². The van der Waals surface area contributed by atoms with Crippen molar-refractivity contribution >= 4 is 17.8 Å². The molecular formula is C11H11N3O4. The number of carbonyl (C=O) groups is 2. The summed E-state index contributed by atoms with van der Waals surface area (Å²) in [6, 6.07) is 0. The number of anilines is 1. The Balaban J connectivity index is 2.98. The van der Waals surface area contributed by atoms with E-state index < -0.39 is 11.9 Å². The van der Waals surface area contributed by atoms with Crippen LogP contribution in [0.2, 0.25) is 0 Å². The number of esters is 2.